The lowest BCUT2D eigenvalue weighted by molar-refractivity contribution is -0.123. The number of aromatic nitrogens is 1. The average Bonchev–Trinajstić information content (AvgIpc) is 3.29. The van der Waals surface area contributed by atoms with Gasteiger partial charge in [0.05, 0.1) is 23.4 Å². The van der Waals surface area contributed by atoms with Gasteiger partial charge in [0.25, 0.3) is 5.91 Å². The summed E-state index contributed by atoms with van der Waals surface area (Å²) in [6.07, 6.45) is 3.69. The minimum atomic E-state index is -0.872. The molecule has 0 fully saturated rings. The highest BCUT2D eigenvalue weighted by Gasteiger charge is 2.26. The second-order valence-electron chi connectivity index (χ2n) is 7.21. The number of thiophene rings is 1. The topological polar surface area (TPSA) is 94.6 Å². The summed E-state index contributed by atoms with van der Waals surface area (Å²) in [7, 11) is 0. The van der Waals surface area contributed by atoms with Crippen LogP contribution in [0.2, 0.25) is 0 Å². The molecular formula is C24H22N2O5S. The summed E-state index contributed by atoms with van der Waals surface area (Å²) >= 11 is 1.65. The third kappa shape index (κ3) is 4.70. The van der Waals surface area contributed by atoms with Crippen LogP contribution in [0.25, 0.3) is 22.6 Å². The van der Waals surface area contributed by atoms with Crippen molar-refractivity contribution in [2.24, 2.45) is 0 Å². The maximum absolute atomic E-state index is 13.1. The summed E-state index contributed by atoms with van der Waals surface area (Å²) in [6.45, 7) is 1.18. The molecule has 0 bridgehead atoms. The van der Waals surface area contributed by atoms with Gasteiger partial charge in [-0.25, -0.2) is 14.6 Å². The van der Waals surface area contributed by atoms with Crippen LogP contribution in [-0.2, 0) is 20.7 Å². The fourth-order valence-electron chi connectivity index (χ4n) is 3.77. The Labute approximate surface area is 189 Å². The highest BCUT2D eigenvalue weighted by Crippen LogP contribution is 2.36. The Hall–Kier alpha value is -3.52. The predicted molar refractivity (Wildman–Crippen MR) is 122 cm³/mol. The Morgan fingerprint density at radius 2 is 1.97 bits per heavy atom. The normalized spacial score (nSPS) is 14.1. The number of amides is 2. The fraction of sp³-hybridized carbons (Fsp3) is 0.250. The second kappa shape index (κ2) is 9.74. The summed E-state index contributed by atoms with van der Waals surface area (Å²) in [6, 6.07) is 11.4. The molecule has 0 saturated heterocycles. The lowest BCUT2D eigenvalue weighted by Gasteiger charge is -2.22. The number of carbonyl (C=O) groups is 3. The van der Waals surface area contributed by atoms with Gasteiger partial charge >= 0.3 is 12.1 Å². The molecule has 1 aromatic carbocycles. The highest BCUT2D eigenvalue weighted by molar-refractivity contribution is 7.10. The van der Waals surface area contributed by atoms with E-state index in [0.717, 1.165) is 34.5 Å². The number of hydrogen-bond donors (Lipinski definition) is 1. The lowest BCUT2D eigenvalue weighted by atomic mass is 9.86. The number of nitrogens with zero attached hydrogens (tertiary/aromatic N) is 1. The molecule has 32 heavy (non-hydrogen) atoms. The third-order valence-electron chi connectivity index (χ3n) is 5.09. The Morgan fingerprint density at radius 1 is 1.12 bits per heavy atom. The molecule has 3 aromatic rings. The van der Waals surface area contributed by atoms with E-state index < -0.39 is 24.6 Å². The van der Waals surface area contributed by atoms with Gasteiger partial charge < -0.3 is 9.47 Å². The van der Waals surface area contributed by atoms with Gasteiger partial charge in [0.2, 0.25) is 0 Å². The average molecular weight is 451 g/mol. The smallest absolute Gasteiger partial charge is 0.413 e. The zero-order chi connectivity index (χ0) is 22.5. The van der Waals surface area contributed by atoms with Crippen molar-refractivity contribution in [1.82, 2.24) is 10.3 Å². The summed E-state index contributed by atoms with van der Waals surface area (Å²) in [5.74, 6) is -1.36. The molecule has 0 spiro atoms. The zero-order valence-electron chi connectivity index (χ0n) is 17.6. The van der Waals surface area contributed by atoms with Crippen LogP contribution in [0.15, 0.2) is 41.8 Å². The van der Waals surface area contributed by atoms with Crippen LogP contribution in [-0.4, -0.2) is 36.2 Å². The molecule has 1 aliphatic rings. The SMILES string of the molecule is CCOC(=O)NC(=O)COC(=O)c1c2c(nc3ccccc13)C(=Cc1cccs1)CCC2. The molecule has 0 atom stereocenters. The minimum absolute atomic E-state index is 0.134. The number of esters is 1. The number of pyridine rings is 1. The minimum Gasteiger partial charge on any atom is -0.452 e. The number of imide groups is 1. The van der Waals surface area contributed by atoms with Gasteiger partial charge in [0, 0.05) is 10.3 Å². The molecule has 8 heteroatoms. The van der Waals surface area contributed by atoms with Crippen LogP contribution in [0.1, 0.15) is 46.3 Å². The molecule has 164 valence electrons. The fourth-order valence-corrected chi connectivity index (χ4v) is 4.46. The van der Waals surface area contributed by atoms with Gasteiger partial charge in [-0.15, -0.1) is 11.3 Å². The van der Waals surface area contributed by atoms with Crippen LogP contribution < -0.4 is 5.32 Å². The van der Waals surface area contributed by atoms with Gasteiger partial charge in [-0.2, -0.15) is 0 Å². The van der Waals surface area contributed by atoms with E-state index >= 15 is 0 Å². The van der Waals surface area contributed by atoms with Gasteiger partial charge in [-0.05, 0) is 60.9 Å². The van der Waals surface area contributed by atoms with E-state index in [1.54, 1.807) is 18.3 Å². The van der Waals surface area contributed by atoms with E-state index in [0.29, 0.717) is 22.9 Å². The van der Waals surface area contributed by atoms with Crippen LogP contribution in [0.5, 0.6) is 0 Å². The predicted octanol–water partition coefficient (Wildman–Crippen LogP) is 4.60. The van der Waals surface area contributed by atoms with Crippen molar-refractivity contribution >= 4 is 51.9 Å². The number of fused-ring (bicyclic) bond motifs is 2. The maximum atomic E-state index is 13.1. The molecule has 2 amide bonds. The van der Waals surface area contributed by atoms with E-state index in [4.69, 9.17) is 9.72 Å². The van der Waals surface area contributed by atoms with Crippen LogP contribution in [0, 0.1) is 0 Å². The summed E-state index contributed by atoms with van der Waals surface area (Å²) in [5, 5.41) is 4.72. The van der Waals surface area contributed by atoms with E-state index in [2.05, 4.69) is 10.8 Å². The van der Waals surface area contributed by atoms with Crippen molar-refractivity contribution in [2.45, 2.75) is 26.2 Å². The highest BCUT2D eigenvalue weighted by atomic mass is 32.1. The number of carbonyl (C=O) groups excluding carboxylic acids is 3. The first-order valence-corrected chi connectivity index (χ1v) is 11.2. The van der Waals surface area contributed by atoms with Crippen molar-refractivity contribution in [1.29, 1.82) is 0 Å². The number of ether oxygens (including phenoxy) is 2. The molecule has 0 saturated carbocycles. The van der Waals surface area contributed by atoms with Crippen LogP contribution in [0.3, 0.4) is 0 Å². The van der Waals surface area contributed by atoms with Gasteiger partial charge in [0.1, 0.15) is 0 Å². The van der Waals surface area contributed by atoms with Crippen molar-refractivity contribution < 1.29 is 23.9 Å². The summed E-state index contributed by atoms with van der Waals surface area (Å²) in [4.78, 5) is 42.4. The molecule has 7 nitrogen and oxygen atoms in total. The quantitative estimate of drug-likeness (QED) is 0.571. The summed E-state index contributed by atoms with van der Waals surface area (Å²) in [5.41, 5.74) is 3.81. The van der Waals surface area contributed by atoms with Gasteiger partial charge in [-0.3, -0.25) is 10.1 Å². The number of para-hydroxylation sites is 1. The van der Waals surface area contributed by atoms with Crippen molar-refractivity contribution in [2.75, 3.05) is 13.2 Å². The maximum Gasteiger partial charge on any atom is 0.413 e. The molecule has 1 N–H and O–H groups in total. The Morgan fingerprint density at radius 3 is 2.75 bits per heavy atom. The Balaban J connectivity index is 1.67. The standard InChI is InChI=1S/C24H22N2O5S/c1-2-30-24(29)26-20(27)14-31-23(28)21-17-9-3-4-11-19(17)25-22-15(7-5-10-18(21)22)13-16-8-6-12-32-16/h3-4,6,8-9,11-13H,2,5,7,10,14H2,1H3,(H,26,27,29). The van der Waals surface area contributed by atoms with Crippen LogP contribution >= 0.6 is 11.3 Å². The van der Waals surface area contributed by atoms with Crippen molar-refractivity contribution in [3.05, 3.63) is 63.5 Å². The number of allylic oxidation sites excluding steroid dienone is 1. The van der Waals surface area contributed by atoms with E-state index in [-0.39, 0.29) is 6.61 Å². The number of benzene rings is 1. The monoisotopic (exact) mass is 450 g/mol. The number of hydrogen-bond acceptors (Lipinski definition) is 7. The van der Waals surface area contributed by atoms with Crippen molar-refractivity contribution in [3.8, 4) is 0 Å². The first-order chi connectivity index (χ1) is 15.6. The second-order valence-corrected chi connectivity index (χ2v) is 8.19. The molecule has 0 unspecified atom stereocenters. The summed E-state index contributed by atoms with van der Waals surface area (Å²) < 4.78 is 9.95. The zero-order valence-corrected chi connectivity index (χ0v) is 18.4. The molecule has 0 radical (unpaired) electrons. The van der Waals surface area contributed by atoms with E-state index in [1.165, 1.54) is 0 Å². The molecule has 4 rings (SSSR count). The Kier molecular flexibility index (Phi) is 6.61. The molecule has 0 aliphatic heterocycles. The van der Waals surface area contributed by atoms with Gasteiger partial charge in [0.15, 0.2) is 6.61 Å². The largest absolute Gasteiger partial charge is 0.452 e. The van der Waals surface area contributed by atoms with E-state index in [1.807, 2.05) is 47.1 Å². The van der Waals surface area contributed by atoms with Gasteiger partial charge in [-0.1, -0.05) is 24.3 Å². The molecule has 2 heterocycles. The van der Waals surface area contributed by atoms with Crippen LogP contribution in [0.4, 0.5) is 4.79 Å². The van der Waals surface area contributed by atoms with E-state index in [9.17, 15) is 14.4 Å². The molecule has 1 aliphatic carbocycles. The van der Waals surface area contributed by atoms with Crippen molar-refractivity contribution in [3.63, 3.8) is 0 Å². The number of alkyl carbamates (subject to hydrolysis) is 1. The first kappa shape index (κ1) is 21.7. The lowest BCUT2D eigenvalue weighted by Crippen LogP contribution is -2.34. The third-order valence-corrected chi connectivity index (χ3v) is 5.90. The molecule has 2 aromatic heterocycles. The first-order valence-electron chi connectivity index (χ1n) is 10.4. The number of nitrogens with one attached hydrogen (secondary N) is 1. The Bertz CT molecular complexity index is 1200. The number of rotatable bonds is 5. The molecular weight excluding hydrogens is 428 g/mol.